The molecule has 9 heteroatoms. The SMILES string of the molecule is CCc1oc(-c2ccc(C(F)(F)F)cc2)cc1C(Nc1ccc(C(=O)N(C)CCC(=O)O)cc1)C1CCCCC1. The van der Waals surface area contributed by atoms with Crippen molar-refractivity contribution in [2.75, 3.05) is 18.9 Å². The summed E-state index contributed by atoms with van der Waals surface area (Å²) in [7, 11) is 1.58. The molecule has 1 heterocycles. The van der Waals surface area contributed by atoms with Crippen molar-refractivity contribution < 1.29 is 32.3 Å². The predicted molar refractivity (Wildman–Crippen MR) is 147 cm³/mol. The summed E-state index contributed by atoms with van der Waals surface area (Å²) < 4.78 is 45.4. The second-order valence-corrected chi connectivity index (χ2v) is 10.4. The molecule has 1 amide bonds. The van der Waals surface area contributed by atoms with Crippen LogP contribution in [0.15, 0.2) is 59.0 Å². The van der Waals surface area contributed by atoms with Gasteiger partial charge in [-0.2, -0.15) is 13.2 Å². The molecule has 0 saturated heterocycles. The number of nitrogens with one attached hydrogen (secondary N) is 1. The molecule has 1 aromatic heterocycles. The smallest absolute Gasteiger partial charge is 0.416 e. The molecule has 2 N–H and O–H groups in total. The van der Waals surface area contributed by atoms with Crippen molar-refractivity contribution in [3.63, 3.8) is 0 Å². The standard InChI is InChI=1S/C31H35F3N2O4/c1-3-26-25(19-27(40-26)20-9-13-23(14-10-20)31(32,33)34)29(21-7-5-4-6-8-21)35-24-15-11-22(12-16-24)30(39)36(2)18-17-28(37)38/h9-16,19,21,29,35H,3-8,17-18H2,1-2H3,(H,37,38). The van der Waals surface area contributed by atoms with Crippen LogP contribution in [0.2, 0.25) is 0 Å². The van der Waals surface area contributed by atoms with E-state index in [1.165, 1.54) is 23.5 Å². The third-order valence-corrected chi connectivity index (χ3v) is 7.58. The van der Waals surface area contributed by atoms with Crippen LogP contribution in [0.3, 0.4) is 0 Å². The fraction of sp³-hybridized carbons (Fsp3) is 0.419. The summed E-state index contributed by atoms with van der Waals surface area (Å²) in [5.74, 6) is 0.472. The number of aliphatic carboxylic acids is 1. The van der Waals surface area contributed by atoms with Gasteiger partial charge in [-0.15, -0.1) is 0 Å². The van der Waals surface area contributed by atoms with Crippen LogP contribution in [0.1, 0.15) is 78.7 Å². The normalized spacial score (nSPS) is 15.0. The summed E-state index contributed by atoms with van der Waals surface area (Å²) in [6, 6.07) is 14.0. The maximum Gasteiger partial charge on any atom is 0.416 e. The molecule has 0 bridgehead atoms. The van der Waals surface area contributed by atoms with Crippen molar-refractivity contribution in [3.05, 3.63) is 77.0 Å². The predicted octanol–water partition coefficient (Wildman–Crippen LogP) is 7.81. The quantitative estimate of drug-likeness (QED) is 0.266. The van der Waals surface area contributed by atoms with E-state index in [-0.39, 0.29) is 24.9 Å². The third kappa shape index (κ3) is 7.06. The van der Waals surface area contributed by atoms with E-state index < -0.39 is 17.7 Å². The number of halogens is 3. The van der Waals surface area contributed by atoms with Gasteiger partial charge in [-0.05, 0) is 61.2 Å². The molecule has 40 heavy (non-hydrogen) atoms. The Morgan fingerprint density at radius 2 is 1.70 bits per heavy atom. The zero-order chi connectivity index (χ0) is 28.9. The Morgan fingerprint density at radius 1 is 1.05 bits per heavy atom. The average molecular weight is 557 g/mol. The van der Waals surface area contributed by atoms with E-state index in [2.05, 4.69) is 5.32 Å². The largest absolute Gasteiger partial charge is 0.481 e. The fourth-order valence-electron chi connectivity index (χ4n) is 5.34. The second kappa shape index (κ2) is 12.6. The zero-order valence-electron chi connectivity index (χ0n) is 22.8. The summed E-state index contributed by atoms with van der Waals surface area (Å²) in [6.45, 7) is 2.12. The minimum atomic E-state index is -4.40. The van der Waals surface area contributed by atoms with E-state index in [1.54, 1.807) is 19.2 Å². The summed E-state index contributed by atoms with van der Waals surface area (Å²) >= 11 is 0. The lowest BCUT2D eigenvalue weighted by Gasteiger charge is -2.32. The maximum absolute atomic E-state index is 13.1. The molecule has 214 valence electrons. The first-order valence-corrected chi connectivity index (χ1v) is 13.7. The number of anilines is 1. The molecule has 2 aromatic carbocycles. The number of carboxylic acid groups (broad SMARTS) is 1. The molecule has 0 spiro atoms. The number of carbonyl (C=O) groups is 2. The van der Waals surface area contributed by atoms with Crippen LogP contribution in [-0.4, -0.2) is 35.5 Å². The van der Waals surface area contributed by atoms with Crippen molar-refractivity contribution in [1.82, 2.24) is 4.90 Å². The molecule has 6 nitrogen and oxygen atoms in total. The molecule has 1 unspecified atom stereocenters. The van der Waals surface area contributed by atoms with Gasteiger partial charge in [0.15, 0.2) is 0 Å². The minimum Gasteiger partial charge on any atom is -0.481 e. The highest BCUT2D eigenvalue weighted by atomic mass is 19.4. The lowest BCUT2D eigenvalue weighted by atomic mass is 9.80. The molecule has 4 rings (SSSR count). The highest BCUT2D eigenvalue weighted by Crippen LogP contribution is 2.41. The number of carboxylic acids is 1. The lowest BCUT2D eigenvalue weighted by Crippen LogP contribution is -2.29. The van der Waals surface area contributed by atoms with Gasteiger partial charge in [0.2, 0.25) is 0 Å². The number of hydrogen-bond acceptors (Lipinski definition) is 4. The Balaban J connectivity index is 1.59. The van der Waals surface area contributed by atoms with Gasteiger partial charge in [0, 0.05) is 42.4 Å². The van der Waals surface area contributed by atoms with Crippen LogP contribution in [0.4, 0.5) is 18.9 Å². The van der Waals surface area contributed by atoms with Gasteiger partial charge >= 0.3 is 12.1 Å². The van der Waals surface area contributed by atoms with Crippen LogP contribution in [0, 0.1) is 5.92 Å². The first-order chi connectivity index (χ1) is 19.1. The number of amides is 1. The van der Waals surface area contributed by atoms with Crippen LogP contribution < -0.4 is 5.32 Å². The molecule has 0 radical (unpaired) electrons. The number of nitrogens with zero attached hydrogens (tertiary/aromatic N) is 1. The molecule has 0 aliphatic heterocycles. The Hall–Kier alpha value is -3.75. The van der Waals surface area contributed by atoms with E-state index in [1.807, 2.05) is 25.1 Å². The number of hydrogen-bond donors (Lipinski definition) is 2. The maximum atomic E-state index is 13.1. The summed E-state index contributed by atoms with van der Waals surface area (Å²) in [6.07, 6.45) is 1.66. The van der Waals surface area contributed by atoms with Crippen LogP contribution >= 0.6 is 0 Å². The lowest BCUT2D eigenvalue weighted by molar-refractivity contribution is -0.138. The van der Waals surface area contributed by atoms with E-state index in [9.17, 15) is 22.8 Å². The van der Waals surface area contributed by atoms with Gasteiger partial charge < -0.3 is 19.7 Å². The molecule has 1 fully saturated rings. The highest BCUT2D eigenvalue weighted by Gasteiger charge is 2.31. The van der Waals surface area contributed by atoms with E-state index >= 15 is 0 Å². The van der Waals surface area contributed by atoms with Gasteiger partial charge in [0.05, 0.1) is 18.0 Å². The first kappa shape index (κ1) is 29.2. The van der Waals surface area contributed by atoms with Gasteiger partial charge in [0.1, 0.15) is 11.5 Å². The number of benzene rings is 2. The number of carbonyl (C=O) groups excluding carboxylic acids is 1. The van der Waals surface area contributed by atoms with Crippen molar-refractivity contribution in [2.45, 2.75) is 64.1 Å². The molecular formula is C31H35F3N2O4. The summed E-state index contributed by atoms with van der Waals surface area (Å²) in [5.41, 5.74) is 2.19. The van der Waals surface area contributed by atoms with Crippen molar-refractivity contribution >= 4 is 17.6 Å². The van der Waals surface area contributed by atoms with Gasteiger partial charge in [0.25, 0.3) is 5.91 Å². The van der Waals surface area contributed by atoms with E-state index in [4.69, 9.17) is 9.52 Å². The van der Waals surface area contributed by atoms with E-state index in [0.717, 1.165) is 54.8 Å². The molecular weight excluding hydrogens is 521 g/mol. The van der Waals surface area contributed by atoms with Crippen LogP contribution in [0.5, 0.6) is 0 Å². The molecule has 1 aliphatic rings. The first-order valence-electron chi connectivity index (χ1n) is 13.7. The monoisotopic (exact) mass is 556 g/mol. The topological polar surface area (TPSA) is 82.8 Å². The third-order valence-electron chi connectivity index (χ3n) is 7.58. The Bertz CT molecular complexity index is 1290. The Kier molecular flexibility index (Phi) is 9.22. The minimum absolute atomic E-state index is 0.0676. The van der Waals surface area contributed by atoms with E-state index in [0.29, 0.717) is 29.2 Å². The molecule has 1 atom stereocenters. The summed E-state index contributed by atoms with van der Waals surface area (Å²) in [5, 5.41) is 12.5. The van der Waals surface area contributed by atoms with Gasteiger partial charge in [-0.1, -0.05) is 38.3 Å². The van der Waals surface area contributed by atoms with Crippen LogP contribution in [0.25, 0.3) is 11.3 Å². The average Bonchev–Trinajstić information content (AvgIpc) is 3.39. The fourth-order valence-corrected chi connectivity index (χ4v) is 5.34. The number of rotatable bonds is 10. The highest BCUT2D eigenvalue weighted by molar-refractivity contribution is 5.94. The van der Waals surface area contributed by atoms with Crippen molar-refractivity contribution in [3.8, 4) is 11.3 Å². The van der Waals surface area contributed by atoms with Crippen LogP contribution in [-0.2, 0) is 17.4 Å². The Morgan fingerprint density at radius 3 is 2.27 bits per heavy atom. The van der Waals surface area contributed by atoms with Gasteiger partial charge in [-0.3, -0.25) is 9.59 Å². The second-order valence-electron chi connectivity index (χ2n) is 10.4. The molecule has 1 saturated carbocycles. The Labute approximate surface area is 232 Å². The van der Waals surface area contributed by atoms with Crippen molar-refractivity contribution in [2.24, 2.45) is 5.92 Å². The zero-order valence-corrected chi connectivity index (χ0v) is 22.8. The molecule has 3 aromatic rings. The van der Waals surface area contributed by atoms with Crippen molar-refractivity contribution in [1.29, 1.82) is 0 Å². The number of aryl methyl sites for hydroxylation is 1. The van der Waals surface area contributed by atoms with Gasteiger partial charge in [-0.25, -0.2) is 0 Å². The summed E-state index contributed by atoms with van der Waals surface area (Å²) in [4.78, 5) is 24.9. The number of alkyl halides is 3. The number of furan rings is 1. The molecule has 1 aliphatic carbocycles.